The summed E-state index contributed by atoms with van der Waals surface area (Å²) in [6, 6.07) is 0. The number of carbonyl (C=O) groups is 1. The molecule has 0 radical (unpaired) electrons. The fraction of sp³-hybridized carbons (Fsp3) is 0.300. The zero-order valence-electron chi connectivity index (χ0n) is 11.1. The summed E-state index contributed by atoms with van der Waals surface area (Å²) in [5.74, 6) is 0.474. The molecule has 0 amide bonds. The summed E-state index contributed by atoms with van der Waals surface area (Å²) >= 11 is 0. The summed E-state index contributed by atoms with van der Waals surface area (Å²) < 4.78 is 10.6. The molecule has 1 aromatic heterocycles. The van der Waals surface area contributed by atoms with Crippen molar-refractivity contribution < 1.29 is 24.0 Å². The molecule has 0 saturated carbocycles. The molecule has 1 aromatic rings. The van der Waals surface area contributed by atoms with Gasteiger partial charge in [-0.15, -0.1) is 0 Å². The lowest BCUT2D eigenvalue weighted by Crippen LogP contribution is -2.26. The van der Waals surface area contributed by atoms with Gasteiger partial charge in [0, 0.05) is 12.6 Å². The van der Waals surface area contributed by atoms with E-state index in [9.17, 15) is 4.79 Å². The van der Waals surface area contributed by atoms with Gasteiger partial charge in [-0.1, -0.05) is 0 Å². The Morgan fingerprint density at radius 3 is 2.20 bits per heavy atom. The van der Waals surface area contributed by atoms with Crippen LogP contribution in [0.15, 0.2) is 11.3 Å². The SMILES string of the molecule is CC1=C(N)C(=O)c2c(nc(C)n2C)C1=N.O=P(O)(O)O. The number of allylic oxidation sites excluding steroid dienone is 2. The second kappa shape index (κ2) is 5.29. The minimum Gasteiger partial charge on any atom is -0.395 e. The fourth-order valence-corrected chi connectivity index (χ4v) is 1.65. The van der Waals surface area contributed by atoms with Gasteiger partial charge in [-0.25, -0.2) is 9.55 Å². The number of imidazole rings is 1. The van der Waals surface area contributed by atoms with Gasteiger partial charge in [0.2, 0.25) is 5.78 Å². The van der Waals surface area contributed by atoms with Gasteiger partial charge >= 0.3 is 7.82 Å². The number of ketones is 1. The number of hydrogen-bond donors (Lipinski definition) is 5. The van der Waals surface area contributed by atoms with Crippen molar-refractivity contribution in [2.45, 2.75) is 13.8 Å². The maximum absolute atomic E-state index is 11.9. The third kappa shape index (κ3) is 3.20. The van der Waals surface area contributed by atoms with Crippen molar-refractivity contribution in [1.82, 2.24) is 9.55 Å². The highest BCUT2D eigenvalue weighted by Crippen LogP contribution is 2.26. The molecular formula is C10H15N4O5P. The fourth-order valence-electron chi connectivity index (χ4n) is 1.65. The molecule has 10 heteroatoms. The number of carbonyl (C=O) groups excluding carboxylic acids is 1. The Kier molecular flexibility index (Phi) is 4.30. The maximum Gasteiger partial charge on any atom is 0.466 e. The number of fused-ring (bicyclic) bond motifs is 1. The van der Waals surface area contributed by atoms with Crippen molar-refractivity contribution in [3.63, 3.8) is 0 Å². The molecule has 0 unspecified atom stereocenters. The molecule has 0 aromatic carbocycles. The predicted molar refractivity (Wildman–Crippen MR) is 70.3 cm³/mol. The van der Waals surface area contributed by atoms with Crippen LogP contribution in [-0.2, 0) is 11.6 Å². The average Bonchev–Trinajstić information content (AvgIpc) is 2.59. The van der Waals surface area contributed by atoms with Gasteiger partial charge < -0.3 is 25.0 Å². The summed E-state index contributed by atoms with van der Waals surface area (Å²) in [5, 5.41) is 7.84. The van der Waals surface area contributed by atoms with Crippen LogP contribution in [0.25, 0.3) is 0 Å². The highest BCUT2D eigenvalue weighted by molar-refractivity contribution is 7.45. The summed E-state index contributed by atoms with van der Waals surface area (Å²) in [4.78, 5) is 37.6. The summed E-state index contributed by atoms with van der Waals surface area (Å²) in [6.45, 7) is 3.47. The number of nitrogens with zero attached hydrogens (tertiary/aromatic N) is 2. The Labute approximate surface area is 114 Å². The molecule has 1 aliphatic carbocycles. The maximum atomic E-state index is 11.9. The van der Waals surface area contributed by atoms with E-state index in [-0.39, 0.29) is 17.2 Å². The Morgan fingerprint density at radius 2 is 1.75 bits per heavy atom. The summed E-state index contributed by atoms with van der Waals surface area (Å²) in [6.07, 6.45) is 0. The molecular weight excluding hydrogens is 287 g/mol. The number of aromatic nitrogens is 2. The van der Waals surface area contributed by atoms with Gasteiger partial charge in [-0.2, -0.15) is 0 Å². The predicted octanol–water partition coefficient (Wildman–Crippen LogP) is -0.403. The first-order chi connectivity index (χ1) is 8.95. The molecule has 9 nitrogen and oxygen atoms in total. The zero-order valence-corrected chi connectivity index (χ0v) is 12.0. The van der Waals surface area contributed by atoms with E-state index in [0.29, 0.717) is 22.8 Å². The molecule has 1 heterocycles. The van der Waals surface area contributed by atoms with Gasteiger partial charge in [-0.3, -0.25) is 10.2 Å². The van der Waals surface area contributed by atoms with Gasteiger partial charge in [0.25, 0.3) is 0 Å². The number of rotatable bonds is 0. The van der Waals surface area contributed by atoms with Crippen LogP contribution in [0.4, 0.5) is 0 Å². The van der Waals surface area contributed by atoms with Crippen LogP contribution in [0.5, 0.6) is 0 Å². The van der Waals surface area contributed by atoms with Gasteiger partial charge in [0.05, 0.1) is 11.4 Å². The number of phosphoric acid groups is 1. The normalized spacial score (nSPS) is 14.9. The minimum atomic E-state index is -4.64. The quantitative estimate of drug-likeness (QED) is 0.407. The highest BCUT2D eigenvalue weighted by atomic mass is 31.2. The molecule has 0 bridgehead atoms. The Bertz CT molecular complexity index is 661. The third-order valence-corrected chi connectivity index (χ3v) is 2.79. The van der Waals surface area contributed by atoms with Crippen molar-refractivity contribution >= 4 is 19.3 Å². The first-order valence-electron chi connectivity index (χ1n) is 5.37. The second-order valence-corrected chi connectivity index (χ2v) is 5.20. The minimum absolute atomic E-state index is 0.149. The first kappa shape index (κ1) is 16.3. The van der Waals surface area contributed by atoms with Crippen molar-refractivity contribution in [2.75, 3.05) is 0 Å². The largest absolute Gasteiger partial charge is 0.466 e. The Hall–Kier alpha value is -1.80. The highest BCUT2D eigenvalue weighted by Gasteiger charge is 2.30. The van der Waals surface area contributed by atoms with Crippen LogP contribution in [-0.4, -0.2) is 35.7 Å². The van der Waals surface area contributed by atoms with E-state index >= 15 is 0 Å². The van der Waals surface area contributed by atoms with Gasteiger partial charge in [0.15, 0.2) is 0 Å². The van der Waals surface area contributed by atoms with E-state index in [1.165, 1.54) is 0 Å². The number of Topliss-reactive ketones (excluding diaryl/α,β-unsaturated/α-hetero) is 1. The smallest absolute Gasteiger partial charge is 0.395 e. The lowest BCUT2D eigenvalue weighted by molar-refractivity contribution is 0.102. The molecule has 0 spiro atoms. The van der Waals surface area contributed by atoms with Crippen molar-refractivity contribution in [3.8, 4) is 0 Å². The monoisotopic (exact) mass is 302 g/mol. The van der Waals surface area contributed by atoms with Crippen LogP contribution < -0.4 is 5.73 Å². The lowest BCUT2D eigenvalue weighted by Gasteiger charge is -2.14. The zero-order chi connectivity index (χ0) is 15.8. The topological polar surface area (TPSA) is 163 Å². The van der Waals surface area contributed by atoms with E-state index in [4.69, 9.17) is 30.4 Å². The number of nitrogens with one attached hydrogen (secondary N) is 1. The molecule has 0 aliphatic heterocycles. The number of aryl methyl sites for hydroxylation is 1. The van der Waals surface area contributed by atoms with Crippen LogP contribution in [0.2, 0.25) is 0 Å². The standard InChI is InChI=1S/C10H12N4O.H3O4P/c1-4-6(11)8-9(10(15)7(4)12)14(3)5(2)13-8;1-5(2,3)4/h11H,12H2,1-3H3;(H3,1,2,3,4). The van der Waals surface area contributed by atoms with Crippen molar-refractivity contribution in [3.05, 3.63) is 28.5 Å². The Morgan fingerprint density at radius 1 is 1.30 bits per heavy atom. The third-order valence-electron chi connectivity index (χ3n) is 2.79. The van der Waals surface area contributed by atoms with Gasteiger partial charge in [-0.05, 0) is 13.8 Å². The van der Waals surface area contributed by atoms with E-state index in [2.05, 4.69) is 4.98 Å². The molecule has 110 valence electrons. The average molecular weight is 302 g/mol. The Balaban J connectivity index is 0.000000347. The molecule has 0 atom stereocenters. The van der Waals surface area contributed by atoms with Crippen molar-refractivity contribution in [2.24, 2.45) is 12.8 Å². The van der Waals surface area contributed by atoms with Crippen LogP contribution in [0, 0.1) is 12.3 Å². The summed E-state index contributed by atoms with van der Waals surface area (Å²) in [7, 11) is -2.89. The second-order valence-electron chi connectivity index (χ2n) is 4.17. The first-order valence-corrected chi connectivity index (χ1v) is 6.93. The van der Waals surface area contributed by atoms with E-state index in [0.717, 1.165) is 0 Å². The molecule has 0 fully saturated rings. The lowest BCUT2D eigenvalue weighted by atomic mass is 9.95. The van der Waals surface area contributed by atoms with E-state index < -0.39 is 7.82 Å². The van der Waals surface area contributed by atoms with Crippen LogP contribution in [0.1, 0.15) is 28.9 Å². The van der Waals surface area contributed by atoms with Crippen molar-refractivity contribution in [1.29, 1.82) is 5.41 Å². The number of hydrogen-bond acceptors (Lipinski definition) is 5. The van der Waals surface area contributed by atoms with E-state index in [1.807, 2.05) is 0 Å². The van der Waals surface area contributed by atoms with Crippen LogP contribution >= 0.6 is 7.82 Å². The number of nitrogens with two attached hydrogens (primary N) is 1. The van der Waals surface area contributed by atoms with E-state index in [1.54, 1.807) is 25.5 Å². The molecule has 0 saturated heterocycles. The van der Waals surface area contributed by atoms with Gasteiger partial charge in [0.1, 0.15) is 17.2 Å². The van der Waals surface area contributed by atoms with Crippen LogP contribution in [0.3, 0.4) is 0 Å². The summed E-state index contributed by atoms with van der Waals surface area (Å²) in [5.41, 5.74) is 7.40. The molecule has 20 heavy (non-hydrogen) atoms. The molecule has 6 N–H and O–H groups in total. The molecule has 1 aliphatic rings. The molecule has 2 rings (SSSR count).